The quantitative estimate of drug-likeness (QED) is 0.0157. The molecular formula is C55H74N18O14. The second-order valence-corrected chi connectivity index (χ2v) is 18.9. The molecule has 4 rings (SSSR count). The Morgan fingerprint density at radius 2 is 0.713 bits per heavy atom. The molecule has 4 atom stereocenters. The predicted octanol–water partition coefficient (Wildman–Crippen LogP) is -0.677. The Morgan fingerprint density at radius 3 is 1.01 bits per heavy atom. The van der Waals surface area contributed by atoms with Gasteiger partial charge >= 0.3 is 5.97 Å². The molecule has 0 aliphatic carbocycles. The number of carboxylic acids is 1. The second kappa shape index (κ2) is 34.0. The van der Waals surface area contributed by atoms with E-state index in [-0.39, 0.29) is 138 Å². The van der Waals surface area contributed by atoms with Crippen molar-refractivity contribution < 1.29 is 67.2 Å². The molecule has 468 valence electrons. The van der Waals surface area contributed by atoms with Crippen molar-refractivity contribution >= 4 is 93.9 Å². The molecule has 8 amide bonds. The van der Waals surface area contributed by atoms with Crippen LogP contribution in [0.1, 0.15) is 92.8 Å². The van der Waals surface area contributed by atoms with E-state index in [0.717, 1.165) is 0 Å². The Labute approximate surface area is 499 Å². The molecule has 0 aliphatic heterocycles. The summed E-state index contributed by atoms with van der Waals surface area (Å²) in [5, 5.41) is 28.0. The van der Waals surface area contributed by atoms with Gasteiger partial charge in [-0.1, -0.05) is 0 Å². The Kier molecular flexibility index (Phi) is 26.8. The van der Waals surface area contributed by atoms with Gasteiger partial charge in [-0.15, -0.1) is 0 Å². The number of ether oxygens (including phenoxy) is 4. The van der Waals surface area contributed by atoms with E-state index < -0.39 is 90.2 Å². The first-order valence-corrected chi connectivity index (χ1v) is 26.7. The first kappa shape index (κ1) is 68.6. The zero-order valence-electron chi connectivity index (χ0n) is 48.2. The smallest absolute Gasteiger partial charge is 0.303 e. The molecule has 0 aromatic heterocycles. The predicted molar refractivity (Wildman–Crippen MR) is 323 cm³/mol. The number of aliphatic imine (C=N–C) groups is 3. The van der Waals surface area contributed by atoms with Crippen LogP contribution in [-0.4, -0.2) is 148 Å². The van der Waals surface area contributed by atoms with Crippen molar-refractivity contribution in [2.45, 2.75) is 75.5 Å². The number of anilines is 4. The molecule has 0 heterocycles. The van der Waals surface area contributed by atoms with Crippen LogP contribution in [0.4, 0.5) is 22.7 Å². The maximum absolute atomic E-state index is 14.3. The van der Waals surface area contributed by atoms with Crippen LogP contribution >= 0.6 is 0 Å². The van der Waals surface area contributed by atoms with E-state index >= 15 is 0 Å². The number of guanidine groups is 3. The van der Waals surface area contributed by atoms with Crippen LogP contribution in [0.3, 0.4) is 0 Å². The minimum Gasteiger partial charge on any atom is -0.496 e. The van der Waals surface area contributed by atoms with Gasteiger partial charge in [0.25, 0.3) is 23.6 Å². The van der Waals surface area contributed by atoms with Gasteiger partial charge in [-0.2, -0.15) is 0 Å². The normalized spacial score (nSPS) is 11.9. The largest absolute Gasteiger partial charge is 0.496 e. The van der Waals surface area contributed by atoms with Crippen LogP contribution in [-0.2, 0) is 24.0 Å². The third-order valence-corrected chi connectivity index (χ3v) is 12.6. The maximum atomic E-state index is 14.3. The summed E-state index contributed by atoms with van der Waals surface area (Å²) in [7, 11) is 5.18. The summed E-state index contributed by atoms with van der Waals surface area (Å²) in [6.07, 6.45) is -0.0459. The van der Waals surface area contributed by atoms with Crippen molar-refractivity contribution in [3.8, 4) is 23.0 Å². The minimum absolute atomic E-state index is 0.0118. The van der Waals surface area contributed by atoms with Gasteiger partial charge in [-0.05, 0) is 118 Å². The first-order chi connectivity index (χ1) is 41.4. The zero-order valence-corrected chi connectivity index (χ0v) is 48.2. The number of carbonyl (C=O) groups excluding carboxylic acids is 8. The van der Waals surface area contributed by atoms with E-state index in [0.29, 0.717) is 6.42 Å². The molecule has 32 nitrogen and oxygen atoms in total. The number of amides is 8. The van der Waals surface area contributed by atoms with Crippen LogP contribution < -0.4 is 102 Å². The Balaban J connectivity index is 1.59. The third kappa shape index (κ3) is 22.0. The van der Waals surface area contributed by atoms with E-state index in [1.165, 1.54) is 101 Å². The Morgan fingerprint density at radius 1 is 0.425 bits per heavy atom. The van der Waals surface area contributed by atoms with Gasteiger partial charge in [0.2, 0.25) is 23.6 Å². The summed E-state index contributed by atoms with van der Waals surface area (Å²) < 4.78 is 21.5. The monoisotopic (exact) mass is 1210 g/mol. The average molecular weight is 1210 g/mol. The molecule has 0 unspecified atom stereocenters. The number of hydrogen-bond donors (Lipinski definition) is 16. The van der Waals surface area contributed by atoms with Crippen molar-refractivity contribution in [1.82, 2.24) is 16.0 Å². The molecule has 24 N–H and O–H groups in total. The Bertz CT molecular complexity index is 3240. The summed E-state index contributed by atoms with van der Waals surface area (Å²) in [6.45, 7) is 0.381. The molecule has 0 saturated heterocycles. The molecule has 0 bridgehead atoms. The standard InChI is InChI=1S/C55H74N18O14/c1-84-40-16-11-28(24-32(40)45(57)76)68-50(81)37(9-6-22-65-54(60)61)71-46(77)34-26-30(13-18-42(34)86-3)69-51(82)38(10-7-23-66-55(62)63)72-47(78)35-27-31(14-19-43(35)87-4)70-52(83)39(15-20-44(74)75)73-48(79)33-25-29(12-17-41(33)85-2)67-49(80)36(56)8-5-21-64-53(58)59/h11-14,16-19,24-27,36-39H,5-10,15,20-23,56H2,1-4H3,(H2,57,76)(H,67,80)(H,68,81)(H,69,82)(H,70,83)(H,71,77)(H,72,78)(H,73,79)(H,74,75)(H4,58,59,64)(H4,60,61,65)(H4,62,63,66)/t36-,37-,38-,39-/m0/s1. The number of carbonyl (C=O) groups is 9. The van der Waals surface area contributed by atoms with E-state index in [9.17, 15) is 48.3 Å². The third-order valence-electron chi connectivity index (χ3n) is 12.6. The topological polar surface area (TPSA) is 540 Å². The van der Waals surface area contributed by atoms with Gasteiger partial charge in [0.1, 0.15) is 41.1 Å². The highest BCUT2D eigenvalue weighted by molar-refractivity contribution is 6.08. The fourth-order valence-corrected chi connectivity index (χ4v) is 8.23. The summed E-state index contributed by atoms with van der Waals surface area (Å²) >= 11 is 0. The minimum atomic E-state index is -1.51. The number of nitrogens with zero attached hydrogens (tertiary/aromatic N) is 3. The molecule has 0 fully saturated rings. The summed E-state index contributed by atoms with van der Waals surface area (Å²) in [5.41, 5.74) is 44.1. The van der Waals surface area contributed by atoms with Gasteiger partial charge < -0.3 is 107 Å². The van der Waals surface area contributed by atoms with E-state index in [2.05, 4.69) is 52.2 Å². The second-order valence-electron chi connectivity index (χ2n) is 18.9. The lowest BCUT2D eigenvalue weighted by Crippen LogP contribution is -2.45. The van der Waals surface area contributed by atoms with Crippen molar-refractivity contribution in [1.29, 1.82) is 0 Å². The molecule has 0 aliphatic rings. The van der Waals surface area contributed by atoms with Gasteiger partial charge in [-0.25, -0.2) is 0 Å². The highest BCUT2D eigenvalue weighted by Crippen LogP contribution is 2.28. The van der Waals surface area contributed by atoms with Crippen LogP contribution in [0, 0.1) is 0 Å². The number of aliphatic carboxylic acids is 1. The number of rotatable bonds is 34. The number of carboxylic acid groups (broad SMARTS) is 1. The molecule has 4 aromatic rings. The number of nitrogens with one attached hydrogen (secondary N) is 7. The number of nitrogens with two attached hydrogens (primary N) is 8. The molecule has 0 spiro atoms. The van der Waals surface area contributed by atoms with Gasteiger partial charge in [0.15, 0.2) is 17.9 Å². The van der Waals surface area contributed by atoms with E-state index in [1.54, 1.807) is 0 Å². The highest BCUT2D eigenvalue weighted by Gasteiger charge is 2.29. The SMILES string of the molecule is COc1ccc(NC(=O)[C@H](CCCN=C(N)N)NC(=O)c2cc(NC(=O)[C@H](CCCN=C(N)N)NC(=O)c3cc(NC(=O)[C@H](CCC(=O)O)NC(=O)c4cc(NC(=O)[C@@H](N)CCCN=C(N)N)ccc4OC)ccc3OC)ccc2OC)cc1C(N)=O. The molecule has 4 aromatic carbocycles. The summed E-state index contributed by atoms with van der Waals surface area (Å²) in [6, 6.07) is 11.2. The van der Waals surface area contributed by atoms with E-state index in [1.807, 2.05) is 0 Å². The van der Waals surface area contributed by atoms with Crippen molar-refractivity contribution in [2.24, 2.45) is 60.8 Å². The molecule has 32 heteroatoms. The lowest BCUT2D eigenvalue weighted by Gasteiger charge is -2.21. The lowest BCUT2D eigenvalue weighted by molar-refractivity contribution is -0.137. The van der Waals surface area contributed by atoms with Crippen molar-refractivity contribution in [3.63, 3.8) is 0 Å². The number of benzene rings is 4. The van der Waals surface area contributed by atoms with Crippen LogP contribution in [0.15, 0.2) is 87.8 Å². The van der Waals surface area contributed by atoms with Crippen LogP contribution in [0.25, 0.3) is 0 Å². The first-order valence-electron chi connectivity index (χ1n) is 26.7. The molecule has 0 radical (unpaired) electrons. The van der Waals surface area contributed by atoms with Gasteiger partial charge in [-0.3, -0.25) is 58.1 Å². The maximum Gasteiger partial charge on any atom is 0.303 e. The Hall–Kier alpha value is -10.9. The molecule has 0 saturated carbocycles. The summed E-state index contributed by atoms with van der Waals surface area (Å²) in [4.78, 5) is 133. The van der Waals surface area contributed by atoms with Crippen LogP contribution in [0.5, 0.6) is 23.0 Å². The lowest BCUT2D eigenvalue weighted by atomic mass is 10.1. The number of hydrogen-bond acceptors (Lipinski definition) is 17. The fraction of sp³-hybridized carbons (Fsp3) is 0.345. The molecular weight excluding hydrogens is 1140 g/mol. The van der Waals surface area contributed by atoms with Gasteiger partial charge in [0.05, 0.1) is 56.7 Å². The van der Waals surface area contributed by atoms with Crippen molar-refractivity contribution in [2.75, 3.05) is 69.3 Å². The highest BCUT2D eigenvalue weighted by atomic mass is 16.5. The fourth-order valence-electron chi connectivity index (χ4n) is 8.23. The molecule has 87 heavy (non-hydrogen) atoms. The average Bonchev–Trinajstić information content (AvgIpc) is 2.63. The number of primary amides is 1. The van der Waals surface area contributed by atoms with E-state index in [4.69, 9.17) is 64.8 Å². The summed E-state index contributed by atoms with van der Waals surface area (Å²) in [5.74, 6) is -8.00. The zero-order chi connectivity index (χ0) is 64.3. The van der Waals surface area contributed by atoms with Gasteiger partial charge in [0, 0.05) is 48.8 Å². The van der Waals surface area contributed by atoms with Crippen molar-refractivity contribution in [3.05, 3.63) is 95.1 Å². The number of methoxy groups -OCH3 is 4. The van der Waals surface area contributed by atoms with Crippen LogP contribution in [0.2, 0.25) is 0 Å².